The van der Waals surface area contributed by atoms with Crippen molar-refractivity contribution >= 4 is 34.4 Å². The van der Waals surface area contributed by atoms with Crippen LogP contribution in [0.25, 0.3) is 10.9 Å². The molecule has 2 aromatic carbocycles. The van der Waals surface area contributed by atoms with Gasteiger partial charge < -0.3 is 19.9 Å². The second kappa shape index (κ2) is 6.96. The van der Waals surface area contributed by atoms with E-state index in [0.717, 1.165) is 0 Å². The number of fused-ring (bicyclic) bond motifs is 1. The molecule has 3 aromatic rings. The minimum atomic E-state index is -1.22. The number of nitrogens with zero attached hydrogens (tertiary/aromatic N) is 1. The Kier molecular flexibility index (Phi) is 4.85. The number of aromatic nitrogens is 1. The Bertz CT molecular complexity index is 1070. The van der Waals surface area contributed by atoms with E-state index in [2.05, 4.69) is 0 Å². The molecule has 140 valence electrons. The van der Waals surface area contributed by atoms with E-state index in [4.69, 9.17) is 11.6 Å². The Labute approximate surface area is 160 Å². The van der Waals surface area contributed by atoms with E-state index in [1.165, 1.54) is 18.2 Å². The summed E-state index contributed by atoms with van der Waals surface area (Å²) in [6.07, 6.45) is 0. The van der Waals surface area contributed by atoms with E-state index in [1.807, 2.05) is 11.5 Å². The summed E-state index contributed by atoms with van der Waals surface area (Å²) in [5, 5.41) is 30.0. The van der Waals surface area contributed by atoms with Crippen molar-refractivity contribution in [1.29, 1.82) is 0 Å². The normalized spacial score (nSPS) is 12.3. The molecule has 6 nitrogen and oxygen atoms in total. The maximum atomic E-state index is 12.2. The topological polar surface area (TPSA) is 99.8 Å². The fourth-order valence-corrected chi connectivity index (χ4v) is 3.87. The number of aromatic carboxylic acids is 1. The molecule has 7 heteroatoms. The van der Waals surface area contributed by atoms with E-state index in [-0.39, 0.29) is 21.9 Å². The average Bonchev–Trinajstić information content (AvgIpc) is 2.90. The molecule has 1 aromatic heterocycles. The Morgan fingerprint density at radius 1 is 1.15 bits per heavy atom. The molecule has 1 heterocycles. The molecule has 27 heavy (non-hydrogen) atoms. The molecule has 0 saturated carbocycles. The van der Waals surface area contributed by atoms with Crippen LogP contribution in [0.3, 0.4) is 0 Å². The Hall–Kier alpha value is -2.99. The number of aromatic hydroxyl groups is 1. The molecule has 0 aliphatic carbocycles. The number of hydrogen-bond acceptors (Lipinski definition) is 3. The fraction of sp³-hybridized carbons (Fsp3) is 0.200. The smallest absolute Gasteiger partial charge is 0.338 e. The van der Waals surface area contributed by atoms with Crippen LogP contribution in [0.2, 0.25) is 5.02 Å². The predicted molar refractivity (Wildman–Crippen MR) is 102 cm³/mol. The first-order valence-corrected chi connectivity index (χ1v) is 8.71. The van der Waals surface area contributed by atoms with Crippen molar-refractivity contribution in [2.45, 2.75) is 26.3 Å². The first-order chi connectivity index (χ1) is 12.8. The van der Waals surface area contributed by atoms with E-state index in [9.17, 15) is 24.9 Å². The van der Waals surface area contributed by atoms with Gasteiger partial charge in [0.1, 0.15) is 11.7 Å². The monoisotopic (exact) mass is 387 g/mol. The molecule has 1 unspecified atom stereocenters. The fourth-order valence-electron chi connectivity index (χ4n) is 3.65. The number of carboxylic acids is 2. The quantitative estimate of drug-likeness (QED) is 0.608. The number of halogens is 1. The summed E-state index contributed by atoms with van der Waals surface area (Å²) >= 11 is 6.21. The summed E-state index contributed by atoms with van der Waals surface area (Å²) < 4.78 is 1.84. The maximum Gasteiger partial charge on any atom is 0.338 e. The molecule has 0 amide bonds. The van der Waals surface area contributed by atoms with Crippen LogP contribution in [0.15, 0.2) is 36.4 Å². The highest BCUT2D eigenvalue weighted by atomic mass is 35.5. The number of carbonyl (C=O) groups is 2. The number of aryl methyl sites for hydroxylation is 1. The number of benzene rings is 2. The zero-order valence-electron chi connectivity index (χ0n) is 14.7. The minimum Gasteiger partial charge on any atom is -0.508 e. The summed E-state index contributed by atoms with van der Waals surface area (Å²) in [5.74, 6) is -3.65. The van der Waals surface area contributed by atoms with Crippen LogP contribution in [0.1, 0.15) is 40.0 Å². The zero-order valence-corrected chi connectivity index (χ0v) is 15.5. The lowest BCUT2D eigenvalue weighted by molar-refractivity contribution is -0.137. The number of carboxylic acid groups (broad SMARTS) is 2. The van der Waals surface area contributed by atoms with Crippen molar-refractivity contribution in [3.8, 4) is 5.75 Å². The molecule has 3 rings (SSSR count). The van der Waals surface area contributed by atoms with E-state index in [0.29, 0.717) is 28.7 Å². The summed E-state index contributed by atoms with van der Waals surface area (Å²) in [6, 6.07) is 9.14. The molecular formula is C20H18ClNO5. The standard InChI is InChI=1S/C20H18ClNO5/c1-3-22-10(2)16(19(24)25)18-12(5-4-6-15(18)22)17(20(26)27)13-9-11(23)7-8-14(13)21/h4-9,17,23H,3H2,1-2H3,(H,24,25)(H,26,27). The lowest BCUT2D eigenvalue weighted by Crippen LogP contribution is -2.14. The summed E-state index contributed by atoms with van der Waals surface area (Å²) in [7, 11) is 0. The number of hydrogen-bond donors (Lipinski definition) is 3. The van der Waals surface area contributed by atoms with Crippen molar-refractivity contribution in [3.63, 3.8) is 0 Å². The van der Waals surface area contributed by atoms with Gasteiger partial charge in [-0.15, -0.1) is 0 Å². The molecule has 1 atom stereocenters. The molecule has 0 saturated heterocycles. The van der Waals surface area contributed by atoms with Crippen molar-refractivity contribution in [2.24, 2.45) is 0 Å². The van der Waals surface area contributed by atoms with Crippen molar-refractivity contribution < 1.29 is 24.9 Å². The highest BCUT2D eigenvalue weighted by Gasteiger charge is 2.30. The van der Waals surface area contributed by atoms with E-state index < -0.39 is 17.9 Å². The van der Waals surface area contributed by atoms with Gasteiger partial charge in [0.15, 0.2) is 0 Å². The van der Waals surface area contributed by atoms with E-state index in [1.54, 1.807) is 25.1 Å². The molecule has 0 aliphatic rings. The van der Waals surface area contributed by atoms with Gasteiger partial charge in [-0.25, -0.2) is 4.79 Å². The highest BCUT2D eigenvalue weighted by molar-refractivity contribution is 6.31. The minimum absolute atomic E-state index is 0.0741. The maximum absolute atomic E-state index is 12.2. The number of aliphatic carboxylic acids is 1. The lowest BCUT2D eigenvalue weighted by Gasteiger charge is -2.17. The SMILES string of the molecule is CCn1c(C)c(C(=O)O)c2c(C(C(=O)O)c3cc(O)ccc3Cl)cccc21. The third-order valence-corrected chi connectivity index (χ3v) is 5.11. The second-order valence-electron chi connectivity index (χ2n) is 6.23. The number of phenols is 1. The van der Waals surface area contributed by atoms with Crippen molar-refractivity contribution in [3.05, 3.63) is 63.8 Å². The van der Waals surface area contributed by atoms with Gasteiger partial charge in [0.2, 0.25) is 0 Å². The summed E-state index contributed by atoms with van der Waals surface area (Å²) in [6.45, 7) is 4.14. The summed E-state index contributed by atoms with van der Waals surface area (Å²) in [4.78, 5) is 24.1. The zero-order chi connectivity index (χ0) is 19.9. The predicted octanol–water partition coefficient (Wildman–Crippen LogP) is 4.24. The van der Waals surface area contributed by atoms with Crippen LogP contribution >= 0.6 is 11.6 Å². The third kappa shape index (κ3) is 3.02. The average molecular weight is 388 g/mol. The van der Waals surface area contributed by atoms with Crippen LogP contribution in [-0.4, -0.2) is 31.8 Å². The Morgan fingerprint density at radius 3 is 2.44 bits per heavy atom. The van der Waals surface area contributed by atoms with Gasteiger partial charge >= 0.3 is 11.9 Å². The molecule has 0 radical (unpaired) electrons. The lowest BCUT2D eigenvalue weighted by atomic mass is 9.87. The first-order valence-electron chi connectivity index (χ1n) is 8.34. The molecule has 3 N–H and O–H groups in total. The summed E-state index contributed by atoms with van der Waals surface area (Å²) in [5.41, 5.74) is 1.80. The second-order valence-corrected chi connectivity index (χ2v) is 6.64. The third-order valence-electron chi connectivity index (χ3n) is 4.76. The molecule has 0 aliphatic heterocycles. The Balaban J connectivity index is 2.43. The van der Waals surface area contributed by atoms with Crippen LogP contribution in [0.5, 0.6) is 5.75 Å². The van der Waals surface area contributed by atoms with Crippen molar-refractivity contribution in [2.75, 3.05) is 0 Å². The largest absolute Gasteiger partial charge is 0.508 e. The van der Waals surface area contributed by atoms with Crippen LogP contribution in [0, 0.1) is 6.92 Å². The molecule has 0 fully saturated rings. The van der Waals surface area contributed by atoms with Gasteiger partial charge in [-0.1, -0.05) is 23.7 Å². The van der Waals surface area contributed by atoms with Crippen molar-refractivity contribution in [1.82, 2.24) is 4.57 Å². The Morgan fingerprint density at radius 2 is 1.85 bits per heavy atom. The molecule has 0 bridgehead atoms. The van der Waals surface area contributed by atoms with Gasteiger partial charge in [-0.05, 0) is 49.2 Å². The van der Waals surface area contributed by atoms with Crippen LogP contribution in [-0.2, 0) is 11.3 Å². The van der Waals surface area contributed by atoms with Gasteiger partial charge in [-0.2, -0.15) is 0 Å². The van der Waals surface area contributed by atoms with Crippen LogP contribution in [0.4, 0.5) is 0 Å². The van der Waals surface area contributed by atoms with Gasteiger partial charge in [0.05, 0.1) is 5.56 Å². The highest BCUT2D eigenvalue weighted by Crippen LogP contribution is 2.39. The number of phenolic OH excluding ortho intramolecular Hbond substituents is 1. The van der Waals surface area contributed by atoms with Gasteiger partial charge in [0, 0.05) is 28.2 Å². The molecule has 0 spiro atoms. The first kappa shape index (κ1) is 18.8. The molecular weight excluding hydrogens is 370 g/mol. The van der Waals surface area contributed by atoms with Crippen LogP contribution < -0.4 is 0 Å². The number of rotatable bonds is 5. The van der Waals surface area contributed by atoms with Gasteiger partial charge in [-0.3, -0.25) is 4.79 Å². The van der Waals surface area contributed by atoms with Gasteiger partial charge in [0.25, 0.3) is 0 Å². The van der Waals surface area contributed by atoms with E-state index >= 15 is 0 Å².